The van der Waals surface area contributed by atoms with Gasteiger partial charge in [0.05, 0.1) is 10.5 Å². The highest BCUT2D eigenvalue weighted by molar-refractivity contribution is 7.90. The molecule has 3 aromatic carbocycles. The molecule has 0 aromatic heterocycles. The number of alkyl carbamates (subject to hydrolysis) is 1. The first kappa shape index (κ1) is 31.9. The molecule has 0 atom stereocenters. The fourth-order valence-corrected chi connectivity index (χ4v) is 5.03. The van der Waals surface area contributed by atoms with E-state index in [1.165, 1.54) is 41.3 Å². The molecule has 1 aliphatic rings. The molecule has 0 saturated carbocycles. The monoisotopic (exact) mass is 628 g/mol. The molecule has 0 aliphatic carbocycles. The largest absolute Gasteiger partial charge is 0.444 e. The Hall–Kier alpha value is -4.98. The van der Waals surface area contributed by atoms with Gasteiger partial charge < -0.3 is 9.64 Å². The van der Waals surface area contributed by atoms with Crippen molar-refractivity contribution in [1.82, 2.24) is 15.5 Å². The standard InChI is InChI=1S/C30H27F3N4O6S/c1-44(41,42)23-10-7-21(8-11-23)27(39)37-15-13-20(14-16-37)24-12-9-22(17-25(24)30(31,32)33)26(38)35-28(34)36-29(40)43-18-19-5-3-2-4-6-19/h2-13,17H,14-16,18H2,1H3,(H3,34,35,36,38,40). The summed E-state index contributed by atoms with van der Waals surface area (Å²) in [6, 6.07) is 17.1. The van der Waals surface area contributed by atoms with Crippen LogP contribution >= 0.6 is 0 Å². The van der Waals surface area contributed by atoms with Gasteiger partial charge in [-0.1, -0.05) is 42.5 Å². The van der Waals surface area contributed by atoms with Crippen LogP contribution in [0.25, 0.3) is 5.57 Å². The maximum absolute atomic E-state index is 14.1. The smallest absolute Gasteiger partial charge is 0.417 e. The first-order valence-electron chi connectivity index (χ1n) is 13.1. The highest BCUT2D eigenvalue weighted by Gasteiger charge is 2.35. The summed E-state index contributed by atoms with van der Waals surface area (Å²) in [5.74, 6) is -2.23. The molecule has 0 spiro atoms. The number of nitrogens with zero attached hydrogens (tertiary/aromatic N) is 1. The number of hydrogen-bond donors (Lipinski definition) is 3. The summed E-state index contributed by atoms with van der Waals surface area (Å²) < 4.78 is 70.5. The van der Waals surface area contributed by atoms with Gasteiger partial charge in [0.2, 0.25) is 5.96 Å². The van der Waals surface area contributed by atoms with Crippen molar-refractivity contribution in [3.05, 3.63) is 107 Å². The zero-order chi connectivity index (χ0) is 32.1. The van der Waals surface area contributed by atoms with E-state index >= 15 is 0 Å². The minimum atomic E-state index is -4.83. The van der Waals surface area contributed by atoms with Crippen LogP contribution in [0.2, 0.25) is 0 Å². The van der Waals surface area contributed by atoms with Crippen LogP contribution in [0.3, 0.4) is 0 Å². The Morgan fingerprint density at radius 3 is 2.20 bits per heavy atom. The Morgan fingerprint density at radius 2 is 1.61 bits per heavy atom. The van der Waals surface area contributed by atoms with Crippen LogP contribution in [-0.4, -0.2) is 56.5 Å². The van der Waals surface area contributed by atoms with Gasteiger partial charge in [0, 0.05) is 30.5 Å². The number of guanidine groups is 1. The van der Waals surface area contributed by atoms with Gasteiger partial charge in [0.1, 0.15) is 6.61 Å². The number of alkyl halides is 3. The van der Waals surface area contributed by atoms with Crippen molar-refractivity contribution in [3.8, 4) is 0 Å². The van der Waals surface area contributed by atoms with Gasteiger partial charge in [-0.15, -0.1) is 0 Å². The number of amides is 3. The molecule has 3 N–H and O–H groups in total. The van der Waals surface area contributed by atoms with Crippen LogP contribution in [0, 0.1) is 5.41 Å². The number of rotatable bonds is 6. The lowest BCUT2D eigenvalue weighted by Gasteiger charge is -2.28. The second-order valence-electron chi connectivity index (χ2n) is 9.80. The topological polar surface area (TPSA) is 146 Å². The van der Waals surface area contributed by atoms with Crippen molar-refractivity contribution in [2.24, 2.45) is 0 Å². The van der Waals surface area contributed by atoms with Crippen LogP contribution in [-0.2, 0) is 27.4 Å². The third-order valence-corrected chi connectivity index (χ3v) is 7.77. The Morgan fingerprint density at radius 1 is 0.955 bits per heavy atom. The average molecular weight is 629 g/mol. The third-order valence-electron chi connectivity index (χ3n) is 6.64. The zero-order valence-electron chi connectivity index (χ0n) is 23.3. The summed E-state index contributed by atoms with van der Waals surface area (Å²) in [4.78, 5) is 38.9. The average Bonchev–Trinajstić information content (AvgIpc) is 2.99. The lowest BCUT2D eigenvalue weighted by Crippen LogP contribution is -2.43. The minimum absolute atomic E-state index is 0.0186. The van der Waals surface area contributed by atoms with E-state index in [2.05, 4.69) is 0 Å². The minimum Gasteiger partial charge on any atom is -0.444 e. The predicted octanol–water partition coefficient (Wildman–Crippen LogP) is 4.63. The lowest BCUT2D eigenvalue weighted by atomic mass is 9.92. The van der Waals surface area contributed by atoms with Crippen molar-refractivity contribution >= 4 is 39.3 Å². The fraction of sp³-hybridized carbons (Fsp3) is 0.200. The zero-order valence-corrected chi connectivity index (χ0v) is 24.1. The molecule has 0 radical (unpaired) electrons. The quantitative estimate of drug-likeness (QED) is 0.268. The molecule has 3 aromatic rings. The van der Waals surface area contributed by atoms with Crippen molar-refractivity contribution in [3.63, 3.8) is 0 Å². The Bertz CT molecular complexity index is 1720. The number of hydrogen-bond acceptors (Lipinski definition) is 7. The first-order valence-corrected chi connectivity index (χ1v) is 15.0. The second-order valence-corrected chi connectivity index (χ2v) is 11.8. The molecule has 0 bridgehead atoms. The second kappa shape index (κ2) is 13.1. The SMILES string of the molecule is CS(=O)(=O)c1ccc(C(=O)N2CC=C(c3ccc(C(=O)NC(=N)NC(=O)OCc4ccccc4)cc3C(F)(F)F)CC2)cc1. The molecule has 0 saturated heterocycles. The van der Waals surface area contributed by atoms with Crippen molar-refractivity contribution in [1.29, 1.82) is 5.41 Å². The van der Waals surface area contributed by atoms with Crippen molar-refractivity contribution in [2.75, 3.05) is 19.3 Å². The maximum Gasteiger partial charge on any atom is 0.417 e. The Labute approximate surface area is 250 Å². The number of ether oxygens (including phenoxy) is 1. The predicted molar refractivity (Wildman–Crippen MR) is 154 cm³/mol. The van der Waals surface area contributed by atoms with E-state index in [4.69, 9.17) is 10.1 Å². The van der Waals surface area contributed by atoms with E-state index in [0.29, 0.717) is 17.2 Å². The molecule has 0 unspecified atom stereocenters. The van der Waals surface area contributed by atoms with E-state index < -0.39 is 51.0 Å². The number of benzene rings is 3. The Balaban J connectivity index is 1.41. The van der Waals surface area contributed by atoms with E-state index in [1.54, 1.807) is 30.3 Å². The van der Waals surface area contributed by atoms with Crippen LogP contribution < -0.4 is 10.6 Å². The molecule has 4 rings (SSSR count). The summed E-state index contributed by atoms with van der Waals surface area (Å²) in [7, 11) is -3.44. The van der Waals surface area contributed by atoms with Gasteiger partial charge in [-0.25, -0.2) is 13.2 Å². The summed E-state index contributed by atoms with van der Waals surface area (Å²) in [6.07, 6.45) is -3.22. The van der Waals surface area contributed by atoms with Crippen LogP contribution in [0.5, 0.6) is 0 Å². The normalized spacial score (nSPS) is 13.5. The van der Waals surface area contributed by atoms with Gasteiger partial charge >= 0.3 is 12.3 Å². The first-order chi connectivity index (χ1) is 20.7. The fourth-order valence-electron chi connectivity index (χ4n) is 4.40. The summed E-state index contributed by atoms with van der Waals surface area (Å²) in [5, 5.41) is 11.8. The number of carbonyl (C=O) groups excluding carboxylic acids is 3. The third kappa shape index (κ3) is 8.10. The van der Waals surface area contributed by atoms with Crippen LogP contribution in [0.1, 0.15) is 43.8 Å². The number of carbonyl (C=O) groups is 3. The summed E-state index contributed by atoms with van der Waals surface area (Å²) >= 11 is 0. The van der Waals surface area contributed by atoms with E-state index in [0.717, 1.165) is 12.3 Å². The molecule has 44 heavy (non-hydrogen) atoms. The van der Waals surface area contributed by atoms with E-state index in [9.17, 15) is 36.0 Å². The van der Waals surface area contributed by atoms with Gasteiger partial charge in [-0.2, -0.15) is 13.2 Å². The molecule has 14 heteroatoms. The highest BCUT2D eigenvalue weighted by atomic mass is 32.2. The van der Waals surface area contributed by atoms with Gasteiger partial charge in [0.15, 0.2) is 9.84 Å². The molecule has 10 nitrogen and oxygen atoms in total. The highest BCUT2D eigenvalue weighted by Crippen LogP contribution is 2.37. The van der Waals surface area contributed by atoms with Gasteiger partial charge in [-0.05, 0) is 59.5 Å². The summed E-state index contributed by atoms with van der Waals surface area (Å²) in [6.45, 7) is 0.0382. The van der Waals surface area contributed by atoms with Crippen LogP contribution in [0.4, 0.5) is 18.0 Å². The number of nitrogens with one attached hydrogen (secondary N) is 3. The molecule has 1 aliphatic heterocycles. The number of halogens is 3. The van der Waals surface area contributed by atoms with Crippen molar-refractivity contribution in [2.45, 2.75) is 24.1 Å². The molecule has 1 heterocycles. The molecule has 0 fully saturated rings. The molecular weight excluding hydrogens is 601 g/mol. The molecule has 3 amide bonds. The van der Waals surface area contributed by atoms with E-state index in [1.807, 2.05) is 10.6 Å². The van der Waals surface area contributed by atoms with Gasteiger partial charge in [-0.3, -0.25) is 25.6 Å². The van der Waals surface area contributed by atoms with Crippen molar-refractivity contribution < 1.29 is 40.7 Å². The van der Waals surface area contributed by atoms with E-state index in [-0.39, 0.29) is 42.1 Å². The number of sulfone groups is 1. The molecule has 230 valence electrons. The van der Waals surface area contributed by atoms with Gasteiger partial charge in [0.25, 0.3) is 11.8 Å². The van der Waals surface area contributed by atoms with Crippen LogP contribution in [0.15, 0.2) is 83.8 Å². The summed E-state index contributed by atoms with van der Waals surface area (Å²) in [5.41, 5.74) is -0.366. The molecular formula is C30H27F3N4O6S. The Kier molecular flexibility index (Phi) is 9.53. The lowest BCUT2D eigenvalue weighted by molar-refractivity contribution is -0.137. The maximum atomic E-state index is 14.1.